The fourth-order valence-corrected chi connectivity index (χ4v) is 3.66. The van der Waals surface area contributed by atoms with E-state index in [4.69, 9.17) is 11.6 Å². The van der Waals surface area contributed by atoms with Gasteiger partial charge in [0.05, 0.1) is 16.6 Å². The van der Waals surface area contributed by atoms with Crippen LogP contribution in [-0.4, -0.2) is 30.4 Å². The maximum absolute atomic E-state index is 12.7. The van der Waals surface area contributed by atoms with Crippen LogP contribution in [-0.2, 0) is 9.84 Å². The summed E-state index contributed by atoms with van der Waals surface area (Å²) in [7, 11) is -3.30. The topological polar surface area (TPSA) is 98.1 Å². The van der Waals surface area contributed by atoms with E-state index in [1.54, 1.807) is 50.2 Å². The highest BCUT2D eigenvalue weighted by atomic mass is 35.5. The number of halogens is 1. The lowest BCUT2D eigenvalue weighted by Crippen LogP contribution is -2.33. The molecular formula is C21H20ClN3O4S. The number of aromatic nitrogens is 2. The van der Waals surface area contributed by atoms with Crippen LogP contribution in [0.5, 0.6) is 0 Å². The molecule has 7 nitrogen and oxygen atoms in total. The Balaban J connectivity index is 1.87. The second kappa shape index (κ2) is 8.41. The zero-order valence-corrected chi connectivity index (χ0v) is 18.2. The lowest BCUT2D eigenvalue weighted by Gasteiger charge is -2.15. The lowest BCUT2D eigenvalue weighted by molar-refractivity contribution is 0.0932. The monoisotopic (exact) mass is 445 g/mol. The summed E-state index contributed by atoms with van der Waals surface area (Å²) in [5, 5.41) is 7.53. The van der Waals surface area contributed by atoms with Crippen LogP contribution in [0.4, 0.5) is 0 Å². The van der Waals surface area contributed by atoms with Crippen molar-refractivity contribution >= 4 is 27.3 Å². The van der Waals surface area contributed by atoms with Gasteiger partial charge in [-0.3, -0.25) is 9.59 Å². The number of rotatable bonds is 5. The van der Waals surface area contributed by atoms with E-state index in [-0.39, 0.29) is 10.6 Å². The molecule has 0 fully saturated rings. The molecule has 3 rings (SSSR count). The summed E-state index contributed by atoms with van der Waals surface area (Å²) in [6, 6.07) is 13.9. The van der Waals surface area contributed by atoms with Gasteiger partial charge in [0.2, 0.25) is 5.43 Å². The van der Waals surface area contributed by atoms with E-state index in [0.29, 0.717) is 22.0 Å². The molecule has 0 aliphatic heterocycles. The van der Waals surface area contributed by atoms with Crippen LogP contribution in [0.15, 0.2) is 64.3 Å². The SMILES string of the molecule is Cc1cc(=O)c(C(=O)N[C@H](C)c2ccc(S(C)(=O)=O)cc2)nn1-c1ccc(Cl)cc1. The van der Waals surface area contributed by atoms with E-state index in [1.165, 1.54) is 22.9 Å². The Hall–Kier alpha value is -2.97. The van der Waals surface area contributed by atoms with Crippen molar-refractivity contribution in [2.75, 3.05) is 6.26 Å². The van der Waals surface area contributed by atoms with Gasteiger partial charge < -0.3 is 5.32 Å². The van der Waals surface area contributed by atoms with Gasteiger partial charge in [0, 0.05) is 23.0 Å². The highest BCUT2D eigenvalue weighted by Gasteiger charge is 2.18. The first-order valence-corrected chi connectivity index (χ1v) is 11.3. The van der Waals surface area contributed by atoms with E-state index in [2.05, 4.69) is 10.4 Å². The number of aryl methyl sites for hydroxylation is 1. The van der Waals surface area contributed by atoms with Crippen LogP contribution in [0.25, 0.3) is 5.69 Å². The second-order valence-electron chi connectivity index (χ2n) is 6.92. The Bertz CT molecular complexity index is 1250. The Kier molecular flexibility index (Phi) is 6.09. The Morgan fingerprint density at radius 3 is 2.27 bits per heavy atom. The Morgan fingerprint density at radius 2 is 1.70 bits per heavy atom. The predicted octanol–water partition coefficient (Wildman–Crippen LogP) is 3.09. The molecule has 0 radical (unpaired) electrons. The molecule has 0 bridgehead atoms. The molecule has 0 spiro atoms. The molecular weight excluding hydrogens is 426 g/mol. The molecule has 1 heterocycles. The average Bonchev–Trinajstić information content (AvgIpc) is 2.68. The predicted molar refractivity (Wildman–Crippen MR) is 115 cm³/mol. The molecule has 0 unspecified atom stereocenters. The molecule has 0 aliphatic rings. The van der Waals surface area contributed by atoms with Gasteiger partial charge in [-0.2, -0.15) is 5.10 Å². The van der Waals surface area contributed by atoms with Gasteiger partial charge in [-0.05, 0) is 55.8 Å². The minimum Gasteiger partial charge on any atom is -0.344 e. The average molecular weight is 446 g/mol. The van der Waals surface area contributed by atoms with Gasteiger partial charge in [-0.25, -0.2) is 13.1 Å². The quantitative estimate of drug-likeness (QED) is 0.650. The van der Waals surface area contributed by atoms with Gasteiger partial charge in [0.25, 0.3) is 5.91 Å². The van der Waals surface area contributed by atoms with Crippen LogP contribution in [0.2, 0.25) is 5.02 Å². The number of carbonyl (C=O) groups excluding carboxylic acids is 1. The van der Waals surface area contributed by atoms with Crippen molar-refractivity contribution in [2.45, 2.75) is 24.8 Å². The smallest absolute Gasteiger partial charge is 0.276 e. The second-order valence-corrected chi connectivity index (χ2v) is 9.38. The van der Waals surface area contributed by atoms with Crippen molar-refractivity contribution in [3.05, 3.63) is 86.8 Å². The van der Waals surface area contributed by atoms with Crippen molar-refractivity contribution in [3.63, 3.8) is 0 Å². The molecule has 1 aromatic heterocycles. The zero-order chi connectivity index (χ0) is 22.1. The summed E-state index contributed by atoms with van der Waals surface area (Å²) in [6.45, 7) is 3.45. The molecule has 3 aromatic rings. The van der Waals surface area contributed by atoms with Gasteiger partial charge >= 0.3 is 0 Å². The molecule has 0 saturated carbocycles. The maximum Gasteiger partial charge on any atom is 0.276 e. The van der Waals surface area contributed by atoms with Gasteiger partial charge in [-0.15, -0.1) is 0 Å². The molecule has 0 saturated heterocycles. The fourth-order valence-electron chi connectivity index (χ4n) is 2.90. The van der Waals surface area contributed by atoms with E-state index in [1.807, 2.05) is 0 Å². The first kappa shape index (κ1) is 21.7. The number of amides is 1. The summed E-state index contributed by atoms with van der Waals surface area (Å²) < 4.78 is 24.7. The van der Waals surface area contributed by atoms with E-state index < -0.39 is 27.2 Å². The molecule has 1 N–H and O–H groups in total. The van der Waals surface area contributed by atoms with E-state index in [0.717, 1.165) is 6.26 Å². The highest BCUT2D eigenvalue weighted by molar-refractivity contribution is 7.90. The number of carbonyl (C=O) groups is 1. The summed E-state index contributed by atoms with van der Waals surface area (Å²) in [5.74, 6) is -0.623. The summed E-state index contributed by atoms with van der Waals surface area (Å²) in [6.07, 6.45) is 1.13. The number of benzene rings is 2. The first-order valence-electron chi connectivity index (χ1n) is 9.04. The van der Waals surface area contributed by atoms with Gasteiger partial charge in [0.1, 0.15) is 0 Å². The third-order valence-corrected chi connectivity index (χ3v) is 5.93. The fraction of sp³-hybridized carbons (Fsp3) is 0.190. The number of nitrogens with one attached hydrogen (secondary N) is 1. The number of nitrogens with zero attached hydrogens (tertiary/aromatic N) is 2. The summed E-state index contributed by atoms with van der Waals surface area (Å²) in [4.78, 5) is 25.3. The molecule has 1 atom stereocenters. The summed E-state index contributed by atoms with van der Waals surface area (Å²) in [5.41, 5.74) is 1.20. The highest BCUT2D eigenvalue weighted by Crippen LogP contribution is 2.17. The molecule has 1 amide bonds. The van der Waals surface area contributed by atoms with Crippen LogP contribution in [0.3, 0.4) is 0 Å². The van der Waals surface area contributed by atoms with Crippen LogP contribution >= 0.6 is 11.6 Å². The van der Waals surface area contributed by atoms with Crippen molar-refractivity contribution in [2.24, 2.45) is 0 Å². The number of hydrogen-bond donors (Lipinski definition) is 1. The van der Waals surface area contributed by atoms with E-state index >= 15 is 0 Å². The number of hydrogen-bond acceptors (Lipinski definition) is 5. The molecule has 2 aromatic carbocycles. The van der Waals surface area contributed by atoms with Crippen molar-refractivity contribution in [1.82, 2.24) is 15.1 Å². The molecule has 9 heteroatoms. The van der Waals surface area contributed by atoms with Crippen molar-refractivity contribution in [3.8, 4) is 5.69 Å². The van der Waals surface area contributed by atoms with Crippen molar-refractivity contribution in [1.29, 1.82) is 0 Å². The third kappa shape index (κ3) is 4.77. The first-order chi connectivity index (χ1) is 14.1. The van der Waals surface area contributed by atoms with Gasteiger partial charge in [-0.1, -0.05) is 23.7 Å². The third-order valence-electron chi connectivity index (χ3n) is 4.55. The van der Waals surface area contributed by atoms with Crippen LogP contribution in [0, 0.1) is 6.92 Å². The molecule has 30 heavy (non-hydrogen) atoms. The maximum atomic E-state index is 12.7. The molecule has 0 aliphatic carbocycles. The minimum absolute atomic E-state index is 0.191. The zero-order valence-electron chi connectivity index (χ0n) is 16.6. The van der Waals surface area contributed by atoms with Crippen LogP contribution < -0.4 is 10.7 Å². The Morgan fingerprint density at radius 1 is 1.10 bits per heavy atom. The minimum atomic E-state index is -3.30. The molecule has 156 valence electrons. The van der Waals surface area contributed by atoms with E-state index in [9.17, 15) is 18.0 Å². The van der Waals surface area contributed by atoms with Gasteiger partial charge in [0.15, 0.2) is 15.5 Å². The normalized spacial score (nSPS) is 12.4. The van der Waals surface area contributed by atoms with Crippen molar-refractivity contribution < 1.29 is 13.2 Å². The largest absolute Gasteiger partial charge is 0.344 e. The number of sulfone groups is 1. The Labute approximate surface area is 179 Å². The van der Waals surface area contributed by atoms with Crippen LogP contribution in [0.1, 0.15) is 34.7 Å². The summed E-state index contributed by atoms with van der Waals surface area (Å²) >= 11 is 5.92. The standard InChI is InChI=1S/C21H20ClN3O4S/c1-13-12-19(26)20(24-25(13)17-8-6-16(22)7-9-17)21(27)23-14(2)15-4-10-18(11-5-15)30(3,28)29/h4-12,14H,1-3H3,(H,23,27)/t14-/m1/s1. The lowest BCUT2D eigenvalue weighted by atomic mass is 10.1.